The number of hydrogen-bond acceptors (Lipinski definition) is 3. The van der Waals surface area contributed by atoms with Gasteiger partial charge in [-0.05, 0) is 84.4 Å². The van der Waals surface area contributed by atoms with Gasteiger partial charge in [-0.2, -0.15) is 0 Å². The van der Waals surface area contributed by atoms with Crippen molar-refractivity contribution in [2.75, 3.05) is 7.11 Å². The van der Waals surface area contributed by atoms with E-state index >= 15 is 0 Å². The summed E-state index contributed by atoms with van der Waals surface area (Å²) < 4.78 is 18.5. The number of methoxy groups -OCH3 is 1. The quantitative estimate of drug-likeness (QED) is 0.386. The van der Waals surface area contributed by atoms with E-state index in [0.717, 1.165) is 25.0 Å². The minimum atomic E-state index is -0.0881. The molecule has 2 saturated carbocycles. The lowest BCUT2D eigenvalue weighted by atomic mass is 9.84. The van der Waals surface area contributed by atoms with Crippen molar-refractivity contribution in [2.24, 2.45) is 5.41 Å². The average Bonchev–Trinajstić information content (AvgIpc) is 3.77. The smallest absolute Gasteiger partial charge is 0.118 e. The van der Waals surface area contributed by atoms with Crippen molar-refractivity contribution in [2.45, 2.75) is 69.9 Å². The molecule has 176 valence electrons. The Hall–Kier alpha value is -2.62. The Morgan fingerprint density at radius 2 is 1.71 bits per heavy atom. The van der Waals surface area contributed by atoms with Crippen molar-refractivity contribution < 1.29 is 14.2 Å². The van der Waals surface area contributed by atoms with Gasteiger partial charge in [-0.15, -0.1) is 0 Å². The minimum absolute atomic E-state index is 0.0881. The highest BCUT2D eigenvalue weighted by molar-refractivity contribution is 5.38. The van der Waals surface area contributed by atoms with Gasteiger partial charge in [-0.25, -0.2) is 0 Å². The third-order valence-corrected chi connectivity index (χ3v) is 8.18. The molecular weight excluding hydrogens is 420 g/mol. The van der Waals surface area contributed by atoms with E-state index < -0.39 is 0 Å². The maximum Gasteiger partial charge on any atom is 0.118 e. The molecule has 2 spiro atoms. The van der Waals surface area contributed by atoms with Crippen molar-refractivity contribution in [1.29, 1.82) is 0 Å². The summed E-state index contributed by atoms with van der Waals surface area (Å²) in [6.45, 7) is 2.88. The van der Waals surface area contributed by atoms with Crippen LogP contribution in [0.1, 0.15) is 66.0 Å². The Kier molecular flexibility index (Phi) is 5.50. The second-order valence-electron chi connectivity index (χ2n) is 10.8. The minimum Gasteiger partial charge on any atom is -0.497 e. The lowest BCUT2D eigenvalue weighted by molar-refractivity contribution is -0.124. The summed E-state index contributed by atoms with van der Waals surface area (Å²) in [5.74, 6) is 0.901. The molecule has 3 aliphatic rings. The molecule has 3 aromatic carbocycles. The molecule has 0 bridgehead atoms. The molecule has 3 heteroatoms. The molecule has 0 amide bonds. The molecule has 0 unspecified atom stereocenters. The summed E-state index contributed by atoms with van der Waals surface area (Å²) in [6.07, 6.45) is 7.33. The Morgan fingerprint density at radius 3 is 2.44 bits per heavy atom. The fourth-order valence-electron chi connectivity index (χ4n) is 5.80. The number of rotatable bonds is 7. The summed E-state index contributed by atoms with van der Waals surface area (Å²) in [5.41, 5.74) is 6.96. The molecule has 1 heterocycles. The van der Waals surface area contributed by atoms with Crippen LogP contribution in [0.4, 0.5) is 0 Å². The first-order valence-electron chi connectivity index (χ1n) is 12.6. The monoisotopic (exact) mass is 454 g/mol. The van der Waals surface area contributed by atoms with Crippen LogP contribution in [0.2, 0.25) is 0 Å². The van der Waals surface area contributed by atoms with Crippen molar-refractivity contribution in [1.82, 2.24) is 0 Å². The lowest BCUT2D eigenvalue weighted by Crippen LogP contribution is -2.34. The highest BCUT2D eigenvalue weighted by atomic mass is 16.6. The highest BCUT2D eigenvalue weighted by Gasteiger charge is 2.66. The van der Waals surface area contributed by atoms with Crippen LogP contribution in [0.15, 0.2) is 72.8 Å². The first-order chi connectivity index (χ1) is 16.6. The first-order valence-corrected chi connectivity index (χ1v) is 12.6. The van der Waals surface area contributed by atoms with Gasteiger partial charge >= 0.3 is 0 Å². The molecule has 3 nitrogen and oxygen atoms in total. The Morgan fingerprint density at radius 1 is 0.912 bits per heavy atom. The van der Waals surface area contributed by atoms with Gasteiger partial charge in [0.25, 0.3) is 0 Å². The van der Waals surface area contributed by atoms with Gasteiger partial charge in [0.1, 0.15) is 5.75 Å². The van der Waals surface area contributed by atoms with Gasteiger partial charge in [-0.1, -0.05) is 60.7 Å². The molecule has 34 heavy (non-hydrogen) atoms. The number of ether oxygens (including phenoxy) is 3. The zero-order valence-corrected chi connectivity index (χ0v) is 20.3. The zero-order chi connectivity index (χ0) is 23.2. The van der Waals surface area contributed by atoms with Crippen molar-refractivity contribution in [3.8, 4) is 5.75 Å². The van der Waals surface area contributed by atoms with E-state index in [0.29, 0.717) is 12.0 Å². The summed E-state index contributed by atoms with van der Waals surface area (Å²) in [6, 6.07) is 25.8. The van der Waals surface area contributed by atoms with Crippen molar-refractivity contribution in [3.05, 3.63) is 101 Å². The molecule has 0 radical (unpaired) electrons. The molecule has 6 rings (SSSR count). The lowest BCUT2D eigenvalue weighted by Gasteiger charge is -2.37. The van der Waals surface area contributed by atoms with Gasteiger partial charge in [0, 0.05) is 6.42 Å². The molecular formula is C31H34O3. The number of hydrogen-bond donors (Lipinski definition) is 0. The van der Waals surface area contributed by atoms with Crippen LogP contribution < -0.4 is 4.74 Å². The maximum atomic E-state index is 6.88. The fourth-order valence-corrected chi connectivity index (χ4v) is 5.80. The van der Waals surface area contributed by atoms with Crippen LogP contribution >= 0.6 is 0 Å². The molecule has 0 aromatic heterocycles. The van der Waals surface area contributed by atoms with Crippen molar-refractivity contribution in [3.63, 3.8) is 0 Å². The molecule has 0 N–H and O–H groups in total. The molecule has 3 fully saturated rings. The summed E-state index contributed by atoms with van der Waals surface area (Å²) in [7, 11) is 1.71. The van der Waals surface area contributed by atoms with Crippen LogP contribution in [0.5, 0.6) is 5.75 Å². The zero-order valence-electron chi connectivity index (χ0n) is 20.3. The normalized spacial score (nSPS) is 26.5. The van der Waals surface area contributed by atoms with Crippen LogP contribution in [0, 0.1) is 12.3 Å². The van der Waals surface area contributed by atoms with E-state index in [1.165, 1.54) is 47.1 Å². The third-order valence-electron chi connectivity index (χ3n) is 8.18. The van der Waals surface area contributed by atoms with Crippen LogP contribution in [-0.4, -0.2) is 18.8 Å². The van der Waals surface area contributed by atoms with Gasteiger partial charge < -0.3 is 14.2 Å². The van der Waals surface area contributed by atoms with Crippen LogP contribution in [0.3, 0.4) is 0 Å². The van der Waals surface area contributed by atoms with Crippen molar-refractivity contribution >= 4 is 0 Å². The second kappa shape index (κ2) is 8.55. The van der Waals surface area contributed by atoms with E-state index in [2.05, 4.69) is 67.6 Å². The summed E-state index contributed by atoms with van der Waals surface area (Å²) >= 11 is 0. The SMILES string of the molecule is COc1ccc(Cc2cc([C@H]3CC4(CC4)C[C@@]4(C[C@@H]4OCc4ccccc4)O3)ccc2C)cc1. The topological polar surface area (TPSA) is 27.7 Å². The Labute approximate surface area is 203 Å². The Bertz CT molecular complexity index is 1150. The average molecular weight is 455 g/mol. The molecule has 1 saturated heterocycles. The molecule has 2 aliphatic carbocycles. The first kappa shape index (κ1) is 21.9. The van der Waals surface area contributed by atoms with E-state index in [1.54, 1.807) is 7.11 Å². The fraction of sp³-hybridized carbons (Fsp3) is 0.419. The Balaban J connectivity index is 1.18. The van der Waals surface area contributed by atoms with Crippen LogP contribution in [0.25, 0.3) is 0 Å². The van der Waals surface area contributed by atoms with E-state index in [9.17, 15) is 0 Å². The van der Waals surface area contributed by atoms with Gasteiger partial charge in [0.05, 0.1) is 31.5 Å². The largest absolute Gasteiger partial charge is 0.497 e. The second-order valence-corrected chi connectivity index (χ2v) is 10.8. The maximum absolute atomic E-state index is 6.88. The highest BCUT2D eigenvalue weighted by Crippen LogP contribution is 2.67. The number of aryl methyl sites for hydroxylation is 1. The van der Waals surface area contributed by atoms with E-state index in [-0.39, 0.29) is 17.8 Å². The van der Waals surface area contributed by atoms with Gasteiger partial charge in [0.15, 0.2) is 0 Å². The van der Waals surface area contributed by atoms with E-state index in [1.807, 2.05) is 12.1 Å². The standard InChI is InChI=1S/C31H34O3/c1-22-8-11-25(17-26(22)16-23-9-12-27(32-2)13-10-23)28-18-30(14-15-30)21-31(34-28)19-29(31)33-20-24-6-4-3-5-7-24/h3-13,17,28-29H,14-16,18-21H2,1-2H3/t28-,29+,31-/m1/s1. The summed E-state index contributed by atoms with van der Waals surface area (Å²) in [4.78, 5) is 0. The predicted molar refractivity (Wildman–Crippen MR) is 134 cm³/mol. The van der Waals surface area contributed by atoms with Crippen LogP contribution in [-0.2, 0) is 22.5 Å². The molecule has 3 aromatic rings. The van der Waals surface area contributed by atoms with Gasteiger partial charge in [0.2, 0.25) is 0 Å². The number of benzene rings is 3. The third kappa shape index (κ3) is 4.39. The predicted octanol–water partition coefficient (Wildman–Crippen LogP) is 6.95. The molecule has 1 aliphatic heterocycles. The van der Waals surface area contributed by atoms with Gasteiger partial charge in [-0.3, -0.25) is 0 Å². The molecule has 3 atom stereocenters. The summed E-state index contributed by atoms with van der Waals surface area (Å²) in [5, 5.41) is 0. The van der Waals surface area contributed by atoms with E-state index in [4.69, 9.17) is 14.2 Å².